The van der Waals surface area contributed by atoms with Crippen LogP contribution in [0, 0.1) is 0 Å². The van der Waals surface area contributed by atoms with Gasteiger partial charge in [0.1, 0.15) is 0 Å². The molecule has 44 heavy (non-hydrogen) atoms. The smallest absolute Gasteiger partial charge is 0.0737 e. The van der Waals surface area contributed by atoms with Gasteiger partial charge in [-0.2, -0.15) is 0 Å². The summed E-state index contributed by atoms with van der Waals surface area (Å²) in [7, 11) is 0. The molecule has 0 fully saturated rings. The third kappa shape index (κ3) is 4.95. The van der Waals surface area contributed by atoms with Gasteiger partial charge >= 0.3 is 0 Å². The molecule has 0 aliphatic carbocycles. The van der Waals surface area contributed by atoms with E-state index >= 15 is 0 Å². The van der Waals surface area contributed by atoms with Crippen LogP contribution < -0.4 is 0 Å². The predicted molar refractivity (Wildman–Crippen MR) is 195 cm³/mol. The molecule has 0 radical (unpaired) electrons. The zero-order valence-electron chi connectivity index (χ0n) is 23.1. The van der Waals surface area contributed by atoms with Crippen LogP contribution in [0.1, 0.15) is 11.4 Å². The number of nitrogens with one attached hydrogen (secondary N) is 3. The first kappa shape index (κ1) is 27.4. The fourth-order valence-corrected chi connectivity index (χ4v) is 7.19. The van der Waals surface area contributed by atoms with Crippen LogP contribution in [0.5, 0.6) is 0 Å². The normalized spacial score (nSPS) is 11.9. The topological polar surface area (TPSA) is 60.3 Å². The highest BCUT2D eigenvalue weighted by Crippen LogP contribution is 2.37. The van der Waals surface area contributed by atoms with E-state index in [4.69, 9.17) is 4.98 Å². The van der Waals surface area contributed by atoms with E-state index in [0.29, 0.717) is 0 Å². The molecule has 5 heterocycles. The second kappa shape index (κ2) is 11.1. The molecule has 0 saturated carbocycles. The van der Waals surface area contributed by atoms with Crippen LogP contribution in [0.2, 0.25) is 0 Å². The summed E-state index contributed by atoms with van der Waals surface area (Å²) in [5.74, 6) is 0. The van der Waals surface area contributed by atoms with Crippen LogP contribution in [0.3, 0.4) is 0 Å². The lowest BCUT2D eigenvalue weighted by Gasteiger charge is -2.06. The van der Waals surface area contributed by atoms with Gasteiger partial charge in [-0.1, -0.05) is 84.2 Å². The lowest BCUT2D eigenvalue weighted by atomic mass is 10.0. The van der Waals surface area contributed by atoms with Gasteiger partial charge in [0.2, 0.25) is 0 Å². The molecule has 7 heteroatoms. The Kier molecular flexibility index (Phi) is 6.89. The summed E-state index contributed by atoms with van der Waals surface area (Å²) in [5.41, 5.74) is 14.2. The van der Waals surface area contributed by atoms with Crippen molar-refractivity contribution in [3.8, 4) is 33.4 Å². The lowest BCUT2D eigenvalue weighted by molar-refractivity contribution is 1.32. The first-order chi connectivity index (χ1) is 21.5. The van der Waals surface area contributed by atoms with E-state index in [1.165, 1.54) is 0 Å². The SMILES string of the molecule is Brc1cccc(-c2c3nc(c(-c4cccc(Br)c4)c4ccc([nH]4)c4ccc([nH]4)c(-c4cccc(Br)c4)c4ccc2[nH]4)C=C3)c1. The molecule has 212 valence electrons. The first-order valence-electron chi connectivity index (χ1n) is 14.1. The number of benzene rings is 3. The summed E-state index contributed by atoms with van der Waals surface area (Å²) in [5, 5.41) is 0. The summed E-state index contributed by atoms with van der Waals surface area (Å²) in [4.78, 5) is 16.5. The molecule has 4 aromatic heterocycles. The largest absolute Gasteiger partial charge is 0.354 e. The van der Waals surface area contributed by atoms with Crippen molar-refractivity contribution < 1.29 is 0 Å². The van der Waals surface area contributed by atoms with E-state index in [1.54, 1.807) is 0 Å². The molecule has 3 aromatic carbocycles. The molecule has 0 spiro atoms. The standard InChI is InChI=1S/C37H23Br3N4/c38-24-7-1-4-21(18-24)35-29-12-10-27(41-29)28-11-13-30(42-28)36(22-5-2-8-25(39)19-22)32-15-17-34(44-32)37(33-16-14-31(35)43-33)23-6-3-9-26(40)20-23/h1-20,41-43H. The van der Waals surface area contributed by atoms with Gasteiger partial charge < -0.3 is 15.0 Å². The van der Waals surface area contributed by atoms with Gasteiger partial charge in [0.05, 0.1) is 22.4 Å². The maximum Gasteiger partial charge on any atom is 0.0737 e. The van der Waals surface area contributed by atoms with E-state index in [-0.39, 0.29) is 0 Å². The number of rotatable bonds is 3. The minimum Gasteiger partial charge on any atom is -0.354 e. The third-order valence-corrected chi connectivity index (χ3v) is 9.40. The van der Waals surface area contributed by atoms with Crippen molar-refractivity contribution in [2.75, 3.05) is 0 Å². The van der Waals surface area contributed by atoms with Crippen molar-refractivity contribution in [1.29, 1.82) is 0 Å². The van der Waals surface area contributed by atoms with Crippen molar-refractivity contribution in [1.82, 2.24) is 19.9 Å². The highest BCUT2D eigenvalue weighted by atomic mass is 79.9. The average molecular weight is 763 g/mol. The molecule has 1 aliphatic heterocycles. The number of hydrogen-bond donors (Lipinski definition) is 3. The zero-order chi connectivity index (χ0) is 29.8. The molecule has 0 atom stereocenters. The van der Waals surface area contributed by atoms with Gasteiger partial charge in [-0.3, -0.25) is 0 Å². The Morgan fingerprint density at radius 3 is 1.14 bits per heavy atom. The average Bonchev–Trinajstić information content (AvgIpc) is 3.83. The lowest BCUT2D eigenvalue weighted by Crippen LogP contribution is -1.88. The van der Waals surface area contributed by atoms with Crippen molar-refractivity contribution in [2.45, 2.75) is 0 Å². The minimum absolute atomic E-state index is 0.895. The van der Waals surface area contributed by atoms with Crippen LogP contribution in [0.4, 0.5) is 0 Å². The molecule has 3 N–H and O–H groups in total. The second-order valence-electron chi connectivity index (χ2n) is 10.7. The van der Waals surface area contributed by atoms with Crippen LogP contribution in [-0.2, 0) is 0 Å². The fraction of sp³-hybridized carbons (Fsp3) is 0. The van der Waals surface area contributed by atoms with Crippen LogP contribution in [0.15, 0.2) is 123 Å². The van der Waals surface area contributed by atoms with Gasteiger partial charge in [-0.05, 0) is 102 Å². The number of nitrogens with zero attached hydrogens (tertiary/aromatic N) is 1. The Labute approximate surface area is 278 Å². The first-order valence-corrected chi connectivity index (χ1v) is 16.5. The van der Waals surface area contributed by atoms with E-state index in [0.717, 1.165) is 91.3 Å². The Hall–Kier alpha value is -4.17. The summed E-state index contributed by atoms with van der Waals surface area (Å²) >= 11 is 11.1. The van der Waals surface area contributed by atoms with Crippen molar-refractivity contribution >= 4 is 93.0 Å². The van der Waals surface area contributed by atoms with E-state index < -0.39 is 0 Å². The number of aromatic nitrogens is 4. The zero-order valence-corrected chi connectivity index (χ0v) is 27.9. The maximum absolute atomic E-state index is 5.30. The molecule has 1 aliphatic rings. The summed E-state index contributed by atoms with van der Waals surface area (Å²) in [6, 6.07) is 38.0. The predicted octanol–water partition coefficient (Wildman–Crippen LogP) is 12.0. The van der Waals surface area contributed by atoms with Crippen molar-refractivity contribution in [3.05, 3.63) is 134 Å². The van der Waals surface area contributed by atoms with E-state index in [2.05, 4.69) is 172 Å². The monoisotopic (exact) mass is 760 g/mol. The highest BCUT2D eigenvalue weighted by Gasteiger charge is 2.16. The molecule has 0 unspecified atom stereocenters. The highest BCUT2D eigenvalue weighted by molar-refractivity contribution is 9.11. The summed E-state index contributed by atoms with van der Waals surface area (Å²) < 4.78 is 3.05. The van der Waals surface area contributed by atoms with Crippen LogP contribution in [0.25, 0.3) is 78.6 Å². The molecular formula is C37H23Br3N4. The summed E-state index contributed by atoms with van der Waals surface area (Å²) in [6.45, 7) is 0. The second-order valence-corrected chi connectivity index (χ2v) is 13.5. The van der Waals surface area contributed by atoms with E-state index in [9.17, 15) is 0 Å². The number of fused-ring (bicyclic) bond motifs is 9. The number of H-pyrrole nitrogens is 3. The molecule has 0 amide bonds. The van der Waals surface area contributed by atoms with Crippen LogP contribution >= 0.6 is 47.8 Å². The summed E-state index contributed by atoms with van der Waals surface area (Å²) in [6.07, 6.45) is 4.24. The molecule has 4 nitrogen and oxygen atoms in total. The van der Waals surface area contributed by atoms with Crippen molar-refractivity contribution in [2.24, 2.45) is 0 Å². The molecule has 8 bridgehead atoms. The Morgan fingerprint density at radius 1 is 0.386 bits per heavy atom. The van der Waals surface area contributed by atoms with Gasteiger partial charge in [-0.15, -0.1) is 0 Å². The molecule has 7 aromatic rings. The molecule has 0 saturated heterocycles. The van der Waals surface area contributed by atoms with Crippen molar-refractivity contribution in [3.63, 3.8) is 0 Å². The van der Waals surface area contributed by atoms with Crippen LogP contribution in [-0.4, -0.2) is 19.9 Å². The molecular weight excluding hydrogens is 740 g/mol. The Balaban J connectivity index is 1.57. The number of aromatic amines is 3. The fourth-order valence-electron chi connectivity index (χ4n) is 5.99. The number of halogens is 3. The van der Waals surface area contributed by atoms with Gasteiger partial charge in [0.25, 0.3) is 0 Å². The Bertz CT molecular complexity index is 2390. The quantitative estimate of drug-likeness (QED) is 0.165. The van der Waals surface area contributed by atoms with E-state index in [1.807, 2.05) is 12.1 Å². The minimum atomic E-state index is 0.895. The number of hydrogen-bond acceptors (Lipinski definition) is 1. The van der Waals surface area contributed by atoms with Gasteiger partial charge in [0, 0.05) is 52.2 Å². The van der Waals surface area contributed by atoms with Gasteiger partial charge in [0.15, 0.2) is 0 Å². The maximum atomic E-state index is 5.30. The Morgan fingerprint density at radius 2 is 0.727 bits per heavy atom. The van der Waals surface area contributed by atoms with Gasteiger partial charge in [-0.25, -0.2) is 4.98 Å². The molecule has 8 rings (SSSR count). The third-order valence-electron chi connectivity index (χ3n) is 7.92.